The van der Waals surface area contributed by atoms with E-state index < -0.39 is 16.1 Å². The first-order valence-corrected chi connectivity index (χ1v) is 10.0. The summed E-state index contributed by atoms with van der Waals surface area (Å²) < 4.78 is 26.2. The number of amides is 1. The second-order valence-electron chi connectivity index (χ2n) is 4.80. The first-order valence-electron chi connectivity index (χ1n) is 6.98. The number of hydrogen-bond acceptors (Lipinski definition) is 5. The van der Waals surface area contributed by atoms with Gasteiger partial charge in [0, 0.05) is 13.1 Å². The third-order valence-corrected chi connectivity index (χ3v) is 4.95. The molecule has 0 radical (unpaired) electrons. The normalized spacial score (nSPS) is 12.8. The van der Waals surface area contributed by atoms with Gasteiger partial charge in [0.1, 0.15) is 0 Å². The van der Waals surface area contributed by atoms with Gasteiger partial charge in [-0.15, -0.1) is 0 Å². The van der Waals surface area contributed by atoms with Gasteiger partial charge in [-0.25, -0.2) is 13.1 Å². The summed E-state index contributed by atoms with van der Waals surface area (Å²) in [6.07, 6.45) is 2.52. The van der Waals surface area contributed by atoms with Gasteiger partial charge < -0.3 is 11.1 Å². The van der Waals surface area contributed by atoms with Crippen molar-refractivity contribution in [1.29, 1.82) is 0 Å². The molecule has 0 saturated carbocycles. The van der Waals surface area contributed by atoms with Crippen molar-refractivity contribution < 1.29 is 13.2 Å². The fraction of sp³-hybridized carbons (Fsp3) is 0.500. The Morgan fingerprint density at radius 1 is 1.32 bits per heavy atom. The Labute approximate surface area is 136 Å². The van der Waals surface area contributed by atoms with Gasteiger partial charge in [0.25, 0.3) is 0 Å². The van der Waals surface area contributed by atoms with E-state index in [0.29, 0.717) is 6.42 Å². The maximum atomic E-state index is 11.8. The minimum absolute atomic E-state index is 0.0515. The number of carbonyl (C=O) groups is 1. The van der Waals surface area contributed by atoms with Crippen LogP contribution in [0.1, 0.15) is 12.0 Å². The summed E-state index contributed by atoms with van der Waals surface area (Å²) in [6, 6.07) is 8.66. The van der Waals surface area contributed by atoms with E-state index in [2.05, 4.69) is 10.0 Å². The zero-order valence-electron chi connectivity index (χ0n) is 12.6. The van der Waals surface area contributed by atoms with Crippen LogP contribution >= 0.6 is 11.8 Å². The van der Waals surface area contributed by atoms with Crippen LogP contribution < -0.4 is 15.8 Å². The fourth-order valence-corrected chi connectivity index (χ4v) is 3.07. The molecule has 0 aliphatic rings. The second-order valence-corrected chi connectivity index (χ2v) is 7.72. The molecule has 124 valence electrons. The maximum Gasteiger partial charge on any atom is 0.236 e. The Balaban J connectivity index is 2.29. The third kappa shape index (κ3) is 7.79. The van der Waals surface area contributed by atoms with E-state index in [1.54, 1.807) is 11.8 Å². The van der Waals surface area contributed by atoms with Crippen LogP contribution in [0.15, 0.2) is 30.3 Å². The predicted molar refractivity (Wildman–Crippen MR) is 91.1 cm³/mol. The van der Waals surface area contributed by atoms with E-state index in [4.69, 9.17) is 5.73 Å². The quantitative estimate of drug-likeness (QED) is 0.566. The lowest BCUT2D eigenvalue weighted by atomic mass is 10.2. The van der Waals surface area contributed by atoms with Gasteiger partial charge in [-0.1, -0.05) is 30.3 Å². The average molecular weight is 345 g/mol. The Morgan fingerprint density at radius 2 is 2.00 bits per heavy atom. The number of benzene rings is 1. The van der Waals surface area contributed by atoms with E-state index in [1.807, 2.05) is 36.6 Å². The van der Waals surface area contributed by atoms with Gasteiger partial charge >= 0.3 is 0 Å². The van der Waals surface area contributed by atoms with Crippen molar-refractivity contribution in [3.8, 4) is 0 Å². The lowest BCUT2D eigenvalue weighted by molar-refractivity contribution is -0.122. The van der Waals surface area contributed by atoms with Crippen LogP contribution in [0.2, 0.25) is 0 Å². The molecule has 1 amide bonds. The maximum absolute atomic E-state index is 11.8. The van der Waals surface area contributed by atoms with Gasteiger partial charge in [0.2, 0.25) is 15.9 Å². The molecule has 0 spiro atoms. The van der Waals surface area contributed by atoms with Crippen molar-refractivity contribution in [3.05, 3.63) is 35.9 Å². The van der Waals surface area contributed by atoms with Gasteiger partial charge in [-0.3, -0.25) is 4.79 Å². The number of rotatable bonds is 10. The number of thioether (sulfide) groups is 1. The monoisotopic (exact) mass is 345 g/mol. The molecule has 8 heteroatoms. The number of sulfonamides is 1. The summed E-state index contributed by atoms with van der Waals surface area (Å²) in [6.45, 7) is 0.292. The molecule has 0 bridgehead atoms. The molecule has 22 heavy (non-hydrogen) atoms. The summed E-state index contributed by atoms with van der Waals surface area (Å²) in [7, 11) is -3.43. The smallest absolute Gasteiger partial charge is 0.236 e. The van der Waals surface area contributed by atoms with Crippen LogP contribution in [0.25, 0.3) is 0 Å². The van der Waals surface area contributed by atoms with Gasteiger partial charge in [-0.2, -0.15) is 11.8 Å². The minimum Gasteiger partial charge on any atom is -0.354 e. The highest BCUT2D eigenvalue weighted by atomic mass is 32.2. The minimum atomic E-state index is -3.43. The number of nitrogens with two attached hydrogens (primary N) is 1. The second kappa shape index (κ2) is 9.83. The topological polar surface area (TPSA) is 101 Å². The Bertz CT molecular complexity index is 550. The van der Waals surface area contributed by atoms with Crippen LogP contribution in [0.3, 0.4) is 0 Å². The van der Waals surface area contributed by atoms with E-state index in [1.165, 1.54) is 0 Å². The number of hydrogen-bond donors (Lipinski definition) is 3. The van der Waals surface area contributed by atoms with Crippen LogP contribution in [-0.2, 0) is 21.4 Å². The largest absolute Gasteiger partial charge is 0.354 e. The molecule has 1 atom stereocenters. The first kappa shape index (κ1) is 19.0. The fourth-order valence-electron chi connectivity index (χ4n) is 1.68. The summed E-state index contributed by atoms with van der Waals surface area (Å²) in [4.78, 5) is 11.7. The SMILES string of the molecule is CSCC[C@H](N)C(=O)NCCS(=O)(=O)NCc1ccccc1. The van der Waals surface area contributed by atoms with E-state index >= 15 is 0 Å². The molecule has 0 aliphatic heterocycles. The molecule has 1 aromatic carbocycles. The predicted octanol–water partition coefficient (Wildman–Crippen LogP) is 0.303. The molecule has 0 saturated heterocycles. The van der Waals surface area contributed by atoms with Crippen molar-refractivity contribution in [2.75, 3.05) is 24.3 Å². The highest BCUT2D eigenvalue weighted by Gasteiger charge is 2.14. The van der Waals surface area contributed by atoms with Crippen LogP contribution in [0.5, 0.6) is 0 Å². The lowest BCUT2D eigenvalue weighted by Crippen LogP contribution is -2.43. The Morgan fingerprint density at radius 3 is 2.64 bits per heavy atom. The van der Waals surface area contributed by atoms with Gasteiger partial charge in [0.05, 0.1) is 11.8 Å². The zero-order valence-corrected chi connectivity index (χ0v) is 14.3. The summed E-state index contributed by atoms with van der Waals surface area (Å²) in [5.41, 5.74) is 6.58. The van der Waals surface area contributed by atoms with Crippen molar-refractivity contribution in [2.24, 2.45) is 5.73 Å². The molecule has 0 aromatic heterocycles. The van der Waals surface area contributed by atoms with Gasteiger partial charge in [-0.05, 0) is 24.0 Å². The standard InChI is InChI=1S/C14H23N3O3S2/c1-21-9-7-13(15)14(18)16-8-10-22(19,20)17-11-12-5-3-2-4-6-12/h2-6,13,17H,7-11,15H2,1H3,(H,16,18)/t13-/m0/s1. The molecular weight excluding hydrogens is 322 g/mol. The summed E-state index contributed by atoms with van der Waals surface area (Å²) in [5.74, 6) is 0.319. The summed E-state index contributed by atoms with van der Waals surface area (Å²) >= 11 is 1.61. The Hall–Kier alpha value is -1.09. The average Bonchev–Trinajstić information content (AvgIpc) is 2.51. The van der Waals surface area contributed by atoms with Crippen LogP contribution in [0, 0.1) is 0 Å². The van der Waals surface area contributed by atoms with Crippen LogP contribution in [0.4, 0.5) is 0 Å². The zero-order chi connectivity index (χ0) is 16.4. The number of nitrogens with one attached hydrogen (secondary N) is 2. The highest BCUT2D eigenvalue weighted by molar-refractivity contribution is 7.98. The highest BCUT2D eigenvalue weighted by Crippen LogP contribution is 2.00. The van der Waals surface area contributed by atoms with Crippen molar-refractivity contribution in [3.63, 3.8) is 0 Å². The van der Waals surface area contributed by atoms with Crippen LogP contribution in [-0.4, -0.2) is 44.7 Å². The summed E-state index contributed by atoms with van der Waals surface area (Å²) in [5, 5.41) is 2.55. The number of carbonyl (C=O) groups excluding carboxylic acids is 1. The van der Waals surface area contributed by atoms with Crippen molar-refractivity contribution in [1.82, 2.24) is 10.0 Å². The molecule has 0 aliphatic carbocycles. The molecule has 0 unspecified atom stereocenters. The van der Waals surface area contributed by atoms with Gasteiger partial charge in [0.15, 0.2) is 0 Å². The molecule has 6 nitrogen and oxygen atoms in total. The van der Waals surface area contributed by atoms with E-state index in [0.717, 1.165) is 11.3 Å². The Kier molecular flexibility index (Phi) is 8.47. The molecule has 0 fully saturated rings. The molecule has 1 rings (SSSR count). The van der Waals surface area contributed by atoms with E-state index in [-0.39, 0.29) is 24.7 Å². The molecule has 4 N–H and O–H groups in total. The molecule has 0 heterocycles. The van der Waals surface area contributed by atoms with Crippen molar-refractivity contribution >= 4 is 27.7 Å². The van der Waals surface area contributed by atoms with E-state index in [9.17, 15) is 13.2 Å². The molecular formula is C14H23N3O3S2. The molecule has 1 aromatic rings. The van der Waals surface area contributed by atoms with Crippen molar-refractivity contribution in [2.45, 2.75) is 19.0 Å². The third-order valence-electron chi connectivity index (χ3n) is 2.98. The lowest BCUT2D eigenvalue weighted by Gasteiger charge is -2.12. The first-order chi connectivity index (χ1) is 10.4.